The summed E-state index contributed by atoms with van der Waals surface area (Å²) >= 11 is 1.60. The van der Waals surface area contributed by atoms with Crippen LogP contribution in [0, 0.1) is 0 Å². The smallest absolute Gasteiger partial charge is 0.429 e. The van der Waals surface area contributed by atoms with E-state index in [9.17, 15) is 0 Å². The molecule has 0 aliphatic heterocycles. The zero-order valence-electron chi connectivity index (χ0n) is 1.94. The number of hydrogen-bond donors (Lipinski definition) is 1. The number of rotatable bonds is 1. The van der Waals surface area contributed by atoms with Crippen LogP contribution in [0.1, 0.15) is 0 Å². The molecular formula is H2BIO2. The van der Waals surface area contributed by atoms with Crippen LogP contribution in [-0.2, 0) is 2.98 Å². The van der Waals surface area contributed by atoms with Gasteiger partial charge in [-0.25, -0.2) is 0 Å². The Morgan fingerprint density at radius 1 is 2.00 bits per heavy atom. The third kappa shape index (κ3) is 2.71. The Hall–Kier alpha value is 0.715. The van der Waals surface area contributed by atoms with E-state index in [1.165, 1.54) is 0 Å². The molecule has 0 saturated carbocycles. The predicted molar refractivity (Wildman–Crippen MR) is 24.5 cm³/mol. The van der Waals surface area contributed by atoms with Crippen molar-refractivity contribution in [2.24, 2.45) is 0 Å². The maximum atomic E-state index is 7.65. The second kappa shape index (κ2) is 3.71. The lowest BCUT2D eigenvalue weighted by Crippen LogP contribution is -1.79. The van der Waals surface area contributed by atoms with Crippen LogP contribution in [0.25, 0.3) is 0 Å². The van der Waals surface area contributed by atoms with Crippen molar-refractivity contribution >= 4 is 30.7 Å². The monoisotopic (exact) mass is 172 g/mol. The number of halogens is 1. The van der Waals surface area contributed by atoms with E-state index in [2.05, 4.69) is 2.98 Å². The molecule has 0 spiro atoms. The highest BCUT2D eigenvalue weighted by Gasteiger charge is 1.66. The molecule has 0 heterocycles. The Morgan fingerprint density at radius 3 is 2.25 bits per heavy atom. The first-order valence-electron chi connectivity index (χ1n) is 0.759. The second-order valence-corrected chi connectivity index (χ2v) is 0.861. The lowest BCUT2D eigenvalue weighted by molar-refractivity contribution is 0.515. The van der Waals surface area contributed by atoms with Gasteiger partial charge in [-0.3, -0.25) is 0 Å². The summed E-state index contributed by atoms with van der Waals surface area (Å²) in [4.78, 5) is 0. The average Bonchev–Trinajstić information content (AvgIpc) is 1.37. The van der Waals surface area contributed by atoms with Crippen LogP contribution < -0.4 is 0 Å². The molecule has 0 aromatic heterocycles. The van der Waals surface area contributed by atoms with Crippen LogP contribution in [0.5, 0.6) is 0 Å². The van der Waals surface area contributed by atoms with Crippen LogP contribution in [0.3, 0.4) is 0 Å². The van der Waals surface area contributed by atoms with Gasteiger partial charge in [-0.05, 0) is 0 Å². The first-order chi connectivity index (χ1) is 1.91. The molecule has 2 nitrogen and oxygen atoms in total. The molecule has 1 N–H and O–H groups in total. The van der Waals surface area contributed by atoms with Crippen LogP contribution in [0.4, 0.5) is 0 Å². The van der Waals surface area contributed by atoms with Crippen molar-refractivity contribution in [2.75, 3.05) is 0 Å². The van der Waals surface area contributed by atoms with E-state index in [1.54, 1.807) is 23.0 Å². The van der Waals surface area contributed by atoms with Gasteiger partial charge < -0.3 is 8.01 Å². The quantitative estimate of drug-likeness (QED) is 0.431. The van der Waals surface area contributed by atoms with Gasteiger partial charge in [0, 0.05) is 0 Å². The van der Waals surface area contributed by atoms with Gasteiger partial charge in [-0.15, -0.1) is 0 Å². The molecule has 0 fully saturated rings. The topological polar surface area (TPSA) is 29.5 Å². The van der Waals surface area contributed by atoms with Crippen LogP contribution >= 0.6 is 23.0 Å². The Bertz CT molecular complexity index is 8.00. The summed E-state index contributed by atoms with van der Waals surface area (Å²) in [5, 5.41) is 7.65. The summed E-state index contributed by atoms with van der Waals surface area (Å²) in [5.41, 5.74) is 0. The lowest BCUT2D eigenvalue weighted by atomic mass is 10.5. The molecule has 0 aromatic rings. The second-order valence-electron chi connectivity index (χ2n) is 0.238. The van der Waals surface area contributed by atoms with Crippen molar-refractivity contribution in [1.29, 1.82) is 0 Å². The molecule has 0 aromatic carbocycles. The third-order valence-corrected chi connectivity index (χ3v) is 0.327. The normalized spacial score (nSPS) is 6.50. The molecular weight excluding hydrogens is 170 g/mol. The molecule has 0 unspecified atom stereocenters. The number of hydrogen-bond acceptors (Lipinski definition) is 2. The van der Waals surface area contributed by atoms with E-state index in [1.807, 2.05) is 0 Å². The lowest BCUT2D eigenvalue weighted by Gasteiger charge is -1.67. The predicted octanol–water partition coefficient (Wildman–Crippen LogP) is -0.388. The minimum absolute atomic E-state index is 0.194. The molecule has 24 valence electrons. The van der Waals surface area contributed by atoms with Gasteiger partial charge in [0.15, 0.2) is 0 Å². The van der Waals surface area contributed by atoms with Crippen molar-refractivity contribution in [3.05, 3.63) is 0 Å². The SMILES string of the molecule is OBOI. The highest BCUT2D eigenvalue weighted by atomic mass is 127. The molecule has 4 heavy (non-hydrogen) atoms. The molecule has 0 amide bonds. The average molecular weight is 172 g/mol. The summed E-state index contributed by atoms with van der Waals surface area (Å²) in [6.07, 6.45) is 0. The fourth-order valence-corrected chi connectivity index (χ4v) is 0. The van der Waals surface area contributed by atoms with E-state index in [0.717, 1.165) is 0 Å². The minimum Gasteiger partial charge on any atom is -0.429 e. The van der Waals surface area contributed by atoms with Crippen molar-refractivity contribution in [3.8, 4) is 0 Å². The van der Waals surface area contributed by atoms with E-state index in [0.29, 0.717) is 0 Å². The van der Waals surface area contributed by atoms with Gasteiger partial charge in [-0.2, -0.15) is 0 Å². The summed E-state index contributed by atoms with van der Waals surface area (Å²) in [6.45, 7) is 0. The van der Waals surface area contributed by atoms with Crippen molar-refractivity contribution in [1.82, 2.24) is 0 Å². The van der Waals surface area contributed by atoms with E-state index in [-0.39, 0.29) is 7.69 Å². The molecule has 4 heteroatoms. The van der Waals surface area contributed by atoms with Gasteiger partial charge in [0.05, 0.1) is 23.0 Å². The Morgan fingerprint density at radius 2 is 2.25 bits per heavy atom. The fourth-order valence-electron chi connectivity index (χ4n) is 0. The maximum absolute atomic E-state index is 7.65. The van der Waals surface area contributed by atoms with Crippen molar-refractivity contribution in [2.45, 2.75) is 0 Å². The molecule has 0 aliphatic carbocycles. The van der Waals surface area contributed by atoms with Crippen LogP contribution in [0.2, 0.25) is 0 Å². The van der Waals surface area contributed by atoms with Gasteiger partial charge in [0.1, 0.15) is 0 Å². The Balaban J connectivity index is 1.97. The summed E-state index contributed by atoms with van der Waals surface area (Å²) in [5.74, 6) is 0. The zero-order chi connectivity index (χ0) is 3.41. The largest absolute Gasteiger partial charge is 0.444 e. The summed E-state index contributed by atoms with van der Waals surface area (Å²) < 4.78 is 4.07. The van der Waals surface area contributed by atoms with Crippen molar-refractivity contribution < 1.29 is 8.01 Å². The van der Waals surface area contributed by atoms with E-state index < -0.39 is 0 Å². The zero-order valence-corrected chi connectivity index (χ0v) is 4.10. The van der Waals surface area contributed by atoms with Gasteiger partial charge >= 0.3 is 7.69 Å². The van der Waals surface area contributed by atoms with E-state index in [4.69, 9.17) is 5.02 Å². The molecule has 0 bridgehead atoms. The van der Waals surface area contributed by atoms with Gasteiger partial charge in [-0.1, -0.05) is 0 Å². The van der Waals surface area contributed by atoms with Crippen LogP contribution in [-0.4, -0.2) is 12.7 Å². The third-order valence-electron chi connectivity index (χ3n) is 0.0488. The molecule has 0 radical (unpaired) electrons. The first-order valence-corrected chi connectivity index (χ1v) is 1.64. The van der Waals surface area contributed by atoms with Crippen LogP contribution in [0.15, 0.2) is 0 Å². The van der Waals surface area contributed by atoms with E-state index >= 15 is 0 Å². The standard InChI is InChI=1S/BH2IO2/c2-4-1-3/h1,3H. The molecule has 0 rings (SSSR count). The maximum Gasteiger partial charge on any atom is 0.444 e. The Kier molecular flexibility index (Phi) is 4.38. The first kappa shape index (κ1) is 4.71. The van der Waals surface area contributed by atoms with Crippen molar-refractivity contribution in [3.63, 3.8) is 0 Å². The molecule has 0 atom stereocenters. The fraction of sp³-hybridized carbons (Fsp3) is 0. The highest BCUT2D eigenvalue weighted by Crippen LogP contribution is 1.73. The Labute approximate surface area is 39.2 Å². The highest BCUT2D eigenvalue weighted by molar-refractivity contribution is 14.1. The van der Waals surface area contributed by atoms with Gasteiger partial charge in [0.2, 0.25) is 0 Å². The van der Waals surface area contributed by atoms with Gasteiger partial charge in [0.25, 0.3) is 0 Å². The molecule has 0 saturated heterocycles. The summed E-state index contributed by atoms with van der Waals surface area (Å²) in [6, 6.07) is 0. The summed E-state index contributed by atoms with van der Waals surface area (Å²) in [7, 11) is -0.194. The minimum atomic E-state index is -0.194. The molecule has 0 aliphatic rings.